The molecule has 1 aromatic rings. The third-order valence-corrected chi connectivity index (χ3v) is 14.0. The number of β-amino-alcohol motifs (C(OH)–C–C–N with tert-alkyl or cyclic N) is 1. The van der Waals surface area contributed by atoms with E-state index in [1.807, 2.05) is 24.3 Å². The monoisotopic (exact) mass is 599 g/mol. The maximum Gasteiger partial charge on any atom is 0.196 e. The number of hydrogen-bond acceptors (Lipinski definition) is 7. The van der Waals surface area contributed by atoms with Gasteiger partial charge in [-0.15, -0.1) is 0 Å². The van der Waals surface area contributed by atoms with E-state index in [2.05, 4.69) is 41.9 Å². The van der Waals surface area contributed by atoms with Crippen LogP contribution < -0.4 is 4.74 Å². The molecule has 6 aliphatic carbocycles. The van der Waals surface area contributed by atoms with Crippen molar-refractivity contribution in [1.29, 1.82) is 0 Å². The van der Waals surface area contributed by atoms with Crippen molar-refractivity contribution in [2.45, 2.75) is 83.3 Å². The Morgan fingerprint density at radius 2 is 1.70 bits per heavy atom. The molecule has 9 rings (SSSR count). The van der Waals surface area contributed by atoms with Gasteiger partial charge < -0.3 is 24.7 Å². The quantitative estimate of drug-likeness (QED) is 0.356. The highest BCUT2D eigenvalue weighted by Crippen LogP contribution is 2.78. The number of ether oxygens (including phenoxy) is 1. The fourth-order valence-corrected chi connectivity index (χ4v) is 11.7. The summed E-state index contributed by atoms with van der Waals surface area (Å²) in [5.41, 5.74) is -0.411. The standard InChI is InChI=1S/C37H49N3O4/c1-33-13-10-26(41)22-35(33)16-17-37(28(23-35)31(42)25-6-8-27(44-3)9-7-25)29(33)11-14-34(2)30(37)12-15-36(34,43)24-40-21-5-20-39-19-4-18-38-32(39)40/h6-9,16-17,23,26,29-30,41,43H,4-5,10-15,18-22,24H2,1-3H3/t26?,29-,30-,33-,34+,35+,36-,37-/m1/s1. The van der Waals surface area contributed by atoms with Crippen molar-refractivity contribution in [2.24, 2.45) is 38.5 Å². The summed E-state index contributed by atoms with van der Waals surface area (Å²) >= 11 is 0. The summed E-state index contributed by atoms with van der Waals surface area (Å²) in [7, 11) is 1.65. The minimum atomic E-state index is -0.863. The van der Waals surface area contributed by atoms with Gasteiger partial charge in [0.2, 0.25) is 0 Å². The fraction of sp³-hybridized carbons (Fsp3) is 0.676. The second-order valence-corrected chi connectivity index (χ2v) is 15.7. The van der Waals surface area contributed by atoms with Gasteiger partial charge in [-0.2, -0.15) is 0 Å². The second-order valence-electron chi connectivity index (χ2n) is 15.7. The van der Waals surface area contributed by atoms with E-state index in [0.29, 0.717) is 24.4 Å². The molecule has 0 amide bonds. The van der Waals surface area contributed by atoms with Crippen LogP contribution in [-0.2, 0) is 0 Å². The summed E-state index contributed by atoms with van der Waals surface area (Å²) < 4.78 is 5.40. The number of fused-ring (bicyclic) bond motifs is 2. The minimum Gasteiger partial charge on any atom is -0.497 e. The number of aliphatic hydroxyl groups excluding tert-OH is 1. The zero-order valence-electron chi connectivity index (χ0n) is 26.7. The van der Waals surface area contributed by atoms with Gasteiger partial charge in [0.1, 0.15) is 5.75 Å². The Kier molecular flexibility index (Phi) is 6.34. The zero-order chi connectivity index (χ0) is 30.5. The van der Waals surface area contributed by atoms with E-state index in [9.17, 15) is 15.0 Å². The lowest BCUT2D eigenvalue weighted by atomic mass is 9.32. The van der Waals surface area contributed by atoms with Crippen molar-refractivity contribution < 1.29 is 19.7 Å². The van der Waals surface area contributed by atoms with Crippen LogP contribution in [0.3, 0.4) is 0 Å². The number of rotatable bonds is 5. The fourth-order valence-electron chi connectivity index (χ4n) is 11.7. The first-order chi connectivity index (χ1) is 21.1. The van der Waals surface area contributed by atoms with Gasteiger partial charge in [0.05, 0.1) is 25.4 Å². The molecule has 7 heteroatoms. The van der Waals surface area contributed by atoms with Crippen LogP contribution in [0.2, 0.25) is 0 Å². The summed E-state index contributed by atoms with van der Waals surface area (Å²) in [6.07, 6.45) is 15.0. The number of guanidine groups is 1. The van der Waals surface area contributed by atoms with E-state index >= 15 is 0 Å². The van der Waals surface area contributed by atoms with Crippen molar-refractivity contribution in [1.82, 2.24) is 9.80 Å². The molecule has 2 N–H and O–H groups in total. The maximum atomic E-state index is 14.7. The Bertz CT molecular complexity index is 1450. The maximum absolute atomic E-state index is 14.7. The van der Waals surface area contributed by atoms with Crippen LogP contribution in [0.25, 0.3) is 0 Å². The number of aliphatic imine (C=N–C) groups is 1. The highest BCUT2D eigenvalue weighted by molar-refractivity contribution is 6.10. The predicted molar refractivity (Wildman–Crippen MR) is 171 cm³/mol. The number of benzene rings is 1. The topological polar surface area (TPSA) is 85.6 Å². The molecule has 1 unspecified atom stereocenters. The van der Waals surface area contributed by atoms with Gasteiger partial charge in [0, 0.05) is 53.6 Å². The number of aliphatic hydroxyl groups is 2. The van der Waals surface area contributed by atoms with Gasteiger partial charge >= 0.3 is 0 Å². The normalized spacial score (nSPS) is 43.8. The Balaban J connectivity index is 1.22. The lowest BCUT2D eigenvalue weighted by Crippen LogP contribution is -2.68. The first kappa shape index (κ1) is 28.8. The van der Waals surface area contributed by atoms with Gasteiger partial charge in [-0.3, -0.25) is 9.79 Å². The highest BCUT2D eigenvalue weighted by atomic mass is 16.5. The number of ketones is 1. The van der Waals surface area contributed by atoms with Crippen LogP contribution in [0.15, 0.2) is 53.1 Å². The molecule has 4 fully saturated rings. The molecule has 2 spiro atoms. The molecular formula is C37H49N3O4. The van der Waals surface area contributed by atoms with Crippen molar-refractivity contribution in [3.8, 4) is 5.75 Å². The van der Waals surface area contributed by atoms with Crippen molar-refractivity contribution in [3.63, 3.8) is 0 Å². The van der Waals surface area contributed by atoms with Crippen molar-refractivity contribution in [2.75, 3.05) is 39.8 Å². The molecule has 8 aliphatic rings. The second kappa shape index (κ2) is 9.68. The van der Waals surface area contributed by atoms with Gasteiger partial charge in [-0.25, -0.2) is 0 Å². The summed E-state index contributed by atoms with van der Waals surface area (Å²) in [5.74, 6) is 2.36. The van der Waals surface area contributed by atoms with E-state index in [0.717, 1.165) is 94.8 Å². The Labute approximate surface area is 262 Å². The average molecular weight is 600 g/mol. The smallest absolute Gasteiger partial charge is 0.196 e. The lowest BCUT2D eigenvalue weighted by molar-refractivity contribution is -0.174. The molecule has 236 valence electrons. The van der Waals surface area contributed by atoms with E-state index < -0.39 is 11.0 Å². The SMILES string of the molecule is COc1ccc(C(=O)C2=C[C@@]34C=C[C@@]25[C@@H]2CC[C@@](O)(CN6CCCN7CCCN=C76)[C@@]2(C)CC[C@@H]5[C@@]3(C)CCC(O)C4)cc1. The number of nitrogens with zero attached hydrogens (tertiary/aromatic N) is 3. The third kappa shape index (κ3) is 3.63. The summed E-state index contributed by atoms with van der Waals surface area (Å²) in [4.78, 5) is 24.5. The number of carbonyl (C=O) groups is 1. The Morgan fingerprint density at radius 3 is 2.50 bits per heavy atom. The minimum absolute atomic E-state index is 0.0308. The van der Waals surface area contributed by atoms with E-state index in [1.54, 1.807) is 7.11 Å². The summed E-state index contributed by atoms with van der Waals surface area (Å²) in [6, 6.07) is 7.54. The molecule has 0 aromatic heterocycles. The molecular weight excluding hydrogens is 550 g/mol. The van der Waals surface area contributed by atoms with Crippen LogP contribution in [0.5, 0.6) is 5.75 Å². The van der Waals surface area contributed by atoms with Gasteiger partial charge in [0.25, 0.3) is 0 Å². The predicted octanol–water partition coefficient (Wildman–Crippen LogP) is 5.24. The van der Waals surface area contributed by atoms with Crippen LogP contribution >= 0.6 is 0 Å². The number of carbonyl (C=O) groups excluding carboxylic acids is 1. The van der Waals surface area contributed by atoms with E-state index in [4.69, 9.17) is 9.73 Å². The van der Waals surface area contributed by atoms with E-state index in [1.165, 1.54) is 0 Å². The third-order valence-electron chi connectivity index (χ3n) is 14.0. The number of hydrogen-bond donors (Lipinski definition) is 2. The number of Topliss-reactive ketones (excluding diaryl/α,β-unsaturated/α-hetero) is 1. The van der Waals surface area contributed by atoms with Crippen molar-refractivity contribution in [3.05, 3.63) is 53.6 Å². The molecule has 3 saturated carbocycles. The molecule has 2 aliphatic heterocycles. The molecule has 44 heavy (non-hydrogen) atoms. The molecule has 2 bridgehead atoms. The lowest BCUT2D eigenvalue weighted by Gasteiger charge is -2.71. The van der Waals surface area contributed by atoms with E-state index in [-0.39, 0.29) is 34.1 Å². The molecule has 7 nitrogen and oxygen atoms in total. The highest BCUT2D eigenvalue weighted by Gasteiger charge is 2.74. The first-order valence-corrected chi connectivity index (χ1v) is 17.2. The Morgan fingerprint density at radius 1 is 0.977 bits per heavy atom. The molecule has 2 heterocycles. The van der Waals surface area contributed by atoms with Crippen molar-refractivity contribution >= 4 is 11.7 Å². The largest absolute Gasteiger partial charge is 0.497 e. The average Bonchev–Trinajstić information content (AvgIpc) is 3.30. The number of allylic oxidation sites excluding steroid dienone is 4. The molecule has 1 saturated heterocycles. The van der Waals surface area contributed by atoms with Gasteiger partial charge in [-0.05, 0) is 99.3 Å². The molecule has 0 radical (unpaired) electrons. The van der Waals surface area contributed by atoms with Crippen LogP contribution in [-0.4, -0.2) is 83.3 Å². The number of methoxy groups -OCH3 is 1. The van der Waals surface area contributed by atoms with Gasteiger partial charge in [0.15, 0.2) is 11.7 Å². The summed E-state index contributed by atoms with van der Waals surface area (Å²) in [5, 5.41) is 23.8. The van der Waals surface area contributed by atoms with Gasteiger partial charge in [-0.1, -0.05) is 32.1 Å². The summed E-state index contributed by atoms with van der Waals surface area (Å²) in [6.45, 7) is 9.31. The molecule has 1 aromatic carbocycles. The zero-order valence-corrected chi connectivity index (χ0v) is 26.7. The Hall–Kier alpha value is -2.64. The van der Waals surface area contributed by atoms with Crippen LogP contribution in [0, 0.1) is 33.5 Å². The van der Waals surface area contributed by atoms with Crippen LogP contribution in [0.1, 0.15) is 82.0 Å². The first-order valence-electron chi connectivity index (χ1n) is 17.2. The molecule has 8 atom stereocenters. The van der Waals surface area contributed by atoms with Crippen LogP contribution in [0.4, 0.5) is 0 Å².